The van der Waals surface area contributed by atoms with Gasteiger partial charge < -0.3 is 19.5 Å². The van der Waals surface area contributed by atoms with Gasteiger partial charge in [0.05, 0.1) is 24.4 Å². The number of hydrogen-bond acceptors (Lipinski definition) is 6. The molecular weight excluding hydrogens is 435 g/mol. The van der Waals surface area contributed by atoms with Gasteiger partial charge in [0.1, 0.15) is 12.9 Å². The summed E-state index contributed by atoms with van der Waals surface area (Å²) in [6.07, 6.45) is 4.15. The van der Waals surface area contributed by atoms with E-state index in [1.54, 1.807) is 18.9 Å². The van der Waals surface area contributed by atoms with Crippen LogP contribution < -0.4 is 15.4 Å². The lowest BCUT2D eigenvalue weighted by Crippen LogP contribution is -2.39. The lowest BCUT2D eigenvalue weighted by molar-refractivity contribution is -0.128. The van der Waals surface area contributed by atoms with Crippen molar-refractivity contribution in [1.82, 2.24) is 9.88 Å². The van der Waals surface area contributed by atoms with Crippen molar-refractivity contribution in [1.29, 1.82) is 5.26 Å². The third-order valence-corrected chi connectivity index (χ3v) is 9.49. The molecule has 1 saturated heterocycles. The molecule has 1 aliphatic carbocycles. The molecule has 0 atom stereocenters. The molecule has 1 fully saturated rings. The van der Waals surface area contributed by atoms with Crippen molar-refractivity contribution in [2.75, 3.05) is 44.4 Å². The summed E-state index contributed by atoms with van der Waals surface area (Å²) in [6, 6.07) is 10.1. The summed E-state index contributed by atoms with van der Waals surface area (Å²) in [5.41, 5.74) is 5.28. The minimum Gasteiger partial charge on any atom is -0.496 e. The van der Waals surface area contributed by atoms with Gasteiger partial charge in [-0.2, -0.15) is 5.26 Å². The van der Waals surface area contributed by atoms with Crippen molar-refractivity contribution in [3.8, 4) is 11.8 Å². The van der Waals surface area contributed by atoms with Crippen molar-refractivity contribution >= 4 is 29.6 Å². The molecule has 4 rings (SSSR count). The van der Waals surface area contributed by atoms with Crippen molar-refractivity contribution in [3.63, 3.8) is 0 Å². The van der Waals surface area contributed by atoms with Gasteiger partial charge in [-0.15, -0.1) is 0 Å². The van der Waals surface area contributed by atoms with Crippen molar-refractivity contribution in [3.05, 3.63) is 52.9 Å². The highest BCUT2D eigenvalue weighted by Gasteiger charge is 2.32. The number of amides is 1. The Balaban J connectivity index is 1.60. The average Bonchev–Trinajstić information content (AvgIpc) is 3.23. The van der Waals surface area contributed by atoms with Crippen LogP contribution in [-0.4, -0.2) is 54.9 Å². The van der Waals surface area contributed by atoms with E-state index in [1.165, 1.54) is 0 Å². The smallest absolute Gasteiger partial charge is 0.219 e. The molecule has 0 saturated carbocycles. The number of fused-ring (bicyclic) bond motifs is 1. The number of benzene rings is 1. The van der Waals surface area contributed by atoms with E-state index < -0.39 is 7.14 Å². The molecule has 172 valence electrons. The summed E-state index contributed by atoms with van der Waals surface area (Å²) in [7, 11) is -0.935. The number of rotatable bonds is 6. The van der Waals surface area contributed by atoms with E-state index in [-0.39, 0.29) is 5.91 Å². The summed E-state index contributed by atoms with van der Waals surface area (Å²) >= 11 is 0. The number of anilines is 1. The number of carbonyl (C=O) groups is 1. The zero-order valence-electron chi connectivity index (χ0n) is 19.4. The molecular formula is C25H29N4O3P. The molecule has 2 heterocycles. The van der Waals surface area contributed by atoms with Crippen molar-refractivity contribution in [2.24, 2.45) is 0 Å². The Morgan fingerprint density at radius 2 is 2.06 bits per heavy atom. The van der Waals surface area contributed by atoms with Gasteiger partial charge in [-0.25, -0.2) is 0 Å². The minimum absolute atomic E-state index is 0.0325. The van der Waals surface area contributed by atoms with Crippen molar-refractivity contribution in [2.45, 2.75) is 26.7 Å². The average molecular weight is 465 g/mol. The van der Waals surface area contributed by atoms with Gasteiger partial charge in [0.15, 0.2) is 0 Å². The fourth-order valence-corrected chi connectivity index (χ4v) is 7.18. The van der Waals surface area contributed by atoms with Crippen LogP contribution in [0.2, 0.25) is 0 Å². The van der Waals surface area contributed by atoms with Gasteiger partial charge in [0, 0.05) is 79.5 Å². The Morgan fingerprint density at radius 3 is 2.70 bits per heavy atom. The second-order valence-corrected chi connectivity index (χ2v) is 11.7. The van der Waals surface area contributed by atoms with Crippen LogP contribution in [0.4, 0.5) is 5.69 Å². The monoisotopic (exact) mass is 464 g/mol. The molecule has 7 nitrogen and oxygen atoms in total. The molecule has 1 amide bonds. The summed E-state index contributed by atoms with van der Waals surface area (Å²) in [5, 5.41) is 13.6. The predicted molar refractivity (Wildman–Crippen MR) is 131 cm³/mol. The fraction of sp³-hybridized carbons (Fsp3) is 0.400. The van der Waals surface area contributed by atoms with E-state index in [2.05, 4.69) is 11.4 Å². The molecule has 2 aliphatic rings. The maximum absolute atomic E-state index is 13.6. The number of nitrogens with zero attached hydrogens (tertiary/aromatic N) is 3. The van der Waals surface area contributed by atoms with Crippen LogP contribution in [0.15, 0.2) is 30.3 Å². The first-order valence-corrected chi connectivity index (χ1v) is 13.3. The van der Waals surface area contributed by atoms with Crippen molar-refractivity contribution < 1.29 is 14.1 Å². The van der Waals surface area contributed by atoms with Gasteiger partial charge in [0.2, 0.25) is 5.91 Å². The van der Waals surface area contributed by atoms with Crippen LogP contribution in [0, 0.1) is 11.3 Å². The minimum atomic E-state index is -2.56. The summed E-state index contributed by atoms with van der Waals surface area (Å²) < 4.78 is 19.3. The van der Waals surface area contributed by atoms with Crippen LogP contribution >= 0.6 is 7.14 Å². The predicted octanol–water partition coefficient (Wildman–Crippen LogP) is 3.43. The largest absolute Gasteiger partial charge is 0.496 e. The Bertz CT molecular complexity index is 1200. The Hall–Kier alpha value is -3.10. The topological polar surface area (TPSA) is 95.3 Å². The second kappa shape index (κ2) is 9.41. The van der Waals surface area contributed by atoms with Crippen LogP contribution in [0.1, 0.15) is 36.4 Å². The van der Waals surface area contributed by atoms with Crippen LogP contribution in [0.3, 0.4) is 0 Å². The highest BCUT2D eigenvalue weighted by Crippen LogP contribution is 2.47. The quantitative estimate of drug-likeness (QED) is 0.659. The van der Waals surface area contributed by atoms with E-state index >= 15 is 0 Å². The lowest BCUT2D eigenvalue weighted by atomic mass is 10.0. The van der Waals surface area contributed by atoms with E-state index in [1.807, 2.05) is 37.3 Å². The van der Waals surface area contributed by atoms with Crippen LogP contribution in [-0.2, 0) is 22.2 Å². The maximum atomic E-state index is 13.6. The Labute approximate surface area is 194 Å². The van der Waals surface area contributed by atoms with Gasteiger partial charge in [-0.05, 0) is 19.1 Å². The molecule has 0 bridgehead atoms. The molecule has 0 radical (unpaired) electrons. The molecule has 8 heteroatoms. The number of carbonyl (C=O) groups excluding carboxylic acids is 1. The van der Waals surface area contributed by atoms with Gasteiger partial charge in [-0.3, -0.25) is 9.78 Å². The lowest BCUT2D eigenvalue weighted by Gasteiger charge is -2.32. The zero-order chi connectivity index (χ0) is 23.6. The number of nitriles is 1. The molecule has 0 unspecified atom stereocenters. The van der Waals surface area contributed by atoms with Crippen LogP contribution in [0.25, 0.3) is 5.57 Å². The third kappa shape index (κ3) is 4.54. The van der Waals surface area contributed by atoms with Crippen LogP contribution in [0.5, 0.6) is 5.75 Å². The van der Waals surface area contributed by atoms with Gasteiger partial charge in [-0.1, -0.05) is 18.2 Å². The number of ether oxygens (including phenoxy) is 1. The second-order valence-electron chi connectivity index (χ2n) is 8.46. The molecule has 33 heavy (non-hydrogen) atoms. The number of nitrogens with one attached hydrogen (secondary N) is 1. The van der Waals surface area contributed by atoms with Gasteiger partial charge >= 0.3 is 0 Å². The number of aromatic nitrogens is 1. The van der Waals surface area contributed by atoms with Gasteiger partial charge in [0.25, 0.3) is 0 Å². The summed E-state index contributed by atoms with van der Waals surface area (Å²) in [4.78, 5) is 18.2. The first kappa shape index (κ1) is 23.1. The van der Waals surface area contributed by atoms with E-state index in [4.69, 9.17) is 9.72 Å². The number of hydrogen-bond donors (Lipinski definition) is 1. The maximum Gasteiger partial charge on any atom is 0.219 e. The molecule has 1 aliphatic heterocycles. The molecule has 1 aromatic heterocycles. The first-order valence-electron chi connectivity index (χ1n) is 11.3. The third-order valence-electron chi connectivity index (χ3n) is 6.42. The Morgan fingerprint density at radius 1 is 1.30 bits per heavy atom. The SMILES string of the molecule is CCNc1cc(Cc2ccc(P3(=O)CCN(C(C)=O)CC3)cc2OC)nc2c1C(C#N)=CC2. The molecule has 0 spiro atoms. The zero-order valence-corrected chi connectivity index (χ0v) is 20.2. The summed E-state index contributed by atoms with van der Waals surface area (Å²) in [6.45, 7) is 5.40. The number of pyridine rings is 1. The fourth-order valence-electron chi connectivity index (χ4n) is 4.62. The Kier molecular flexibility index (Phi) is 6.58. The van der Waals surface area contributed by atoms with E-state index in [0.717, 1.165) is 40.1 Å². The molecule has 1 N–H and O–H groups in total. The normalized spacial score (nSPS) is 16.5. The highest BCUT2D eigenvalue weighted by atomic mass is 31.2. The number of methoxy groups -OCH3 is 1. The van der Waals surface area contributed by atoms with E-state index in [9.17, 15) is 14.6 Å². The molecule has 2 aromatic rings. The first-order chi connectivity index (χ1) is 15.9. The summed E-state index contributed by atoms with van der Waals surface area (Å²) in [5.74, 6) is 0.727. The molecule has 1 aromatic carbocycles. The highest BCUT2D eigenvalue weighted by molar-refractivity contribution is 7.71. The number of allylic oxidation sites excluding steroid dienone is 2. The van der Waals surface area contributed by atoms with E-state index in [0.29, 0.717) is 49.6 Å². The standard InChI is InChI=1S/C25H29N4O3P/c1-4-27-23-14-20(28-22-8-6-19(16-26)25(22)23)13-18-5-7-21(15-24(18)32-3)33(31)11-9-29(10-12-33)17(2)30/h5-7,14-15H,4,8-13H2,1-3H3,(H,27,28).